The van der Waals surface area contributed by atoms with E-state index >= 15 is 0 Å². The van der Waals surface area contributed by atoms with Crippen molar-refractivity contribution >= 4 is 28.4 Å². The largest absolute Gasteiger partial charge is 0.378 e. The molecule has 6 heteroatoms. The van der Waals surface area contributed by atoms with E-state index in [1.807, 2.05) is 44.6 Å². The van der Waals surface area contributed by atoms with Crippen LogP contribution in [0.5, 0.6) is 0 Å². The second-order valence-corrected chi connectivity index (χ2v) is 8.18. The number of para-hydroxylation sites is 1. The first-order valence-electron chi connectivity index (χ1n) is 11.0. The zero-order valence-corrected chi connectivity index (χ0v) is 18.8. The summed E-state index contributed by atoms with van der Waals surface area (Å²) in [6.45, 7) is 0.344. The Hall–Kier alpha value is -4.06. The molecule has 3 N–H and O–H groups in total. The van der Waals surface area contributed by atoms with Gasteiger partial charge in [-0.15, -0.1) is 0 Å². The Balaban J connectivity index is 1.49. The van der Waals surface area contributed by atoms with Gasteiger partial charge < -0.3 is 20.5 Å². The van der Waals surface area contributed by atoms with Crippen molar-refractivity contribution in [2.24, 2.45) is 0 Å². The van der Waals surface area contributed by atoms with Crippen molar-refractivity contribution in [3.05, 3.63) is 102 Å². The van der Waals surface area contributed by atoms with Crippen LogP contribution in [0.4, 0.5) is 5.69 Å². The fourth-order valence-electron chi connectivity index (χ4n) is 3.92. The van der Waals surface area contributed by atoms with Crippen molar-refractivity contribution in [2.75, 3.05) is 32.1 Å². The van der Waals surface area contributed by atoms with Crippen LogP contribution in [-0.2, 0) is 4.79 Å². The van der Waals surface area contributed by atoms with Gasteiger partial charge in [0.05, 0.1) is 6.54 Å². The summed E-state index contributed by atoms with van der Waals surface area (Å²) in [5.74, 6) is -0.529. The third kappa shape index (κ3) is 5.23. The third-order valence-corrected chi connectivity index (χ3v) is 5.76. The SMILES string of the molecule is CN(C)c1ccc(C(CNC(=O)CNC(=O)c2ccccc2)c2c[nH]c3ccccc23)cc1. The standard InChI is InChI=1S/C27H28N4O2/c1-31(2)21-14-12-19(13-15-21)23(24-17-28-25-11-7-6-10-22(24)25)16-29-26(32)18-30-27(33)20-8-4-3-5-9-20/h3-15,17,23,28H,16,18H2,1-2H3,(H,29,32)(H,30,33). The summed E-state index contributed by atoms with van der Waals surface area (Å²) in [6.07, 6.45) is 2.01. The molecule has 1 unspecified atom stereocenters. The molecule has 0 spiro atoms. The highest BCUT2D eigenvalue weighted by Gasteiger charge is 2.19. The number of nitrogens with one attached hydrogen (secondary N) is 3. The number of benzene rings is 3. The Morgan fingerprint density at radius 2 is 1.58 bits per heavy atom. The van der Waals surface area contributed by atoms with Crippen molar-refractivity contribution < 1.29 is 9.59 Å². The number of hydrogen-bond donors (Lipinski definition) is 3. The molecule has 2 amide bonds. The van der Waals surface area contributed by atoms with Gasteiger partial charge in [-0.1, -0.05) is 48.5 Å². The lowest BCUT2D eigenvalue weighted by Gasteiger charge is -2.20. The van der Waals surface area contributed by atoms with Gasteiger partial charge in [0, 0.05) is 54.9 Å². The molecule has 0 saturated heterocycles. The first-order valence-corrected chi connectivity index (χ1v) is 11.0. The molecule has 0 aliphatic carbocycles. The van der Waals surface area contributed by atoms with Gasteiger partial charge in [-0.25, -0.2) is 0 Å². The number of anilines is 1. The summed E-state index contributed by atoms with van der Waals surface area (Å²) < 4.78 is 0. The quantitative estimate of drug-likeness (QED) is 0.389. The zero-order valence-electron chi connectivity index (χ0n) is 18.8. The molecule has 0 saturated carbocycles. The third-order valence-electron chi connectivity index (χ3n) is 5.76. The molecule has 168 valence electrons. The molecule has 1 atom stereocenters. The lowest BCUT2D eigenvalue weighted by Crippen LogP contribution is -2.38. The van der Waals surface area contributed by atoms with E-state index in [1.54, 1.807) is 24.3 Å². The van der Waals surface area contributed by atoms with E-state index in [1.165, 1.54) is 0 Å². The Morgan fingerprint density at radius 3 is 2.30 bits per heavy atom. The van der Waals surface area contributed by atoms with Crippen molar-refractivity contribution in [2.45, 2.75) is 5.92 Å². The minimum Gasteiger partial charge on any atom is -0.378 e. The molecule has 33 heavy (non-hydrogen) atoms. The predicted molar refractivity (Wildman–Crippen MR) is 133 cm³/mol. The number of hydrogen-bond acceptors (Lipinski definition) is 3. The van der Waals surface area contributed by atoms with Gasteiger partial charge in [0.1, 0.15) is 0 Å². The number of nitrogens with zero attached hydrogens (tertiary/aromatic N) is 1. The van der Waals surface area contributed by atoms with Gasteiger partial charge in [0.25, 0.3) is 5.91 Å². The Labute approximate surface area is 193 Å². The molecule has 1 heterocycles. The van der Waals surface area contributed by atoms with E-state index in [4.69, 9.17) is 0 Å². The second kappa shape index (κ2) is 10.0. The Morgan fingerprint density at radius 1 is 0.879 bits per heavy atom. The summed E-state index contributed by atoms with van der Waals surface area (Å²) in [5, 5.41) is 6.81. The van der Waals surface area contributed by atoms with Crippen molar-refractivity contribution in [1.82, 2.24) is 15.6 Å². The highest BCUT2D eigenvalue weighted by molar-refractivity contribution is 5.96. The lowest BCUT2D eigenvalue weighted by atomic mass is 9.90. The molecule has 1 aromatic heterocycles. The number of H-pyrrole nitrogens is 1. The van der Waals surface area contributed by atoms with Gasteiger partial charge >= 0.3 is 0 Å². The number of fused-ring (bicyclic) bond motifs is 1. The summed E-state index contributed by atoms with van der Waals surface area (Å²) in [4.78, 5) is 30.2. The summed E-state index contributed by atoms with van der Waals surface area (Å²) in [7, 11) is 4.02. The van der Waals surface area contributed by atoms with Crippen LogP contribution in [0.1, 0.15) is 27.4 Å². The highest BCUT2D eigenvalue weighted by atomic mass is 16.2. The zero-order chi connectivity index (χ0) is 23.2. The fraction of sp³-hybridized carbons (Fsp3) is 0.185. The average molecular weight is 441 g/mol. The average Bonchev–Trinajstić information content (AvgIpc) is 3.27. The summed E-state index contributed by atoms with van der Waals surface area (Å²) in [6, 6.07) is 25.4. The van der Waals surface area contributed by atoms with E-state index in [0.29, 0.717) is 12.1 Å². The molecular formula is C27H28N4O2. The van der Waals surface area contributed by atoms with Crippen molar-refractivity contribution in [3.8, 4) is 0 Å². The Kier molecular flexibility index (Phi) is 6.74. The molecule has 4 rings (SSSR count). The highest BCUT2D eigenvalue weighted by Crippen LogP contribution is 2.31. The number of rotatable bonds is 8. The van der Waals surface area contributed by atoms with Gasteiger partial charge in [-0.3, -0.25) is 9.59 Å². The topological polar surface area (TPSA) is 77.2 Å². The normalized spacial score (nSPS) is 11.7. The van der Waals surface area contributed by atoms with Crippen LogP contribution < -0.4 is 15.5 Å². The maximum absolute atomic E-state index is 12.6. The van der Waals surface area contributed by atoms with Crippen LogP contribution in [0, 0.1) is 0 Å². The first-order chi connectivity index (χ1) is 16.0. The molecule has 3 aromatic carbocycles. The molecule has 0 aliphatic heterocycles. The van der Waals surface area contributed by atoms with Crippen molar-refractivity contribution in [3.63, 3.8) is 0 Å². The van der Waals surface area contributed by atoms with Crippen LogP contribution >= 0.6 is 0 Å². The van der Waals surface area contributed by atoms with Crippen molar-refractivity contribution in [1.29, 1.82) is 0 Å². The molecule has 4 aromatic rings. The number of aromatic nitrogens is 1. The number of amides is 2. The van der Waals surface area contributed by atoms with Crippen LogP contribution in [0.25, 0.3) is 10.9 Å². The number of carbonyl (C=O) groups excluding carboxylic acids is 2. The van der Waals surface area contributed by atoms with E-state index < -0.39 is 0 Å². The molecule has 6 nitrogen and oxygen atoms in total. The van der Waals surface area contributed by atoms with Gasteiger partial charge in [0.15, 0.2) is 0 Å². The van der Waals surface area contributed by atoms with E-state index in [0.717, 1.165) is 27.7 Å². The molecule has 0 radical (unpaired) electrons. The minimum atomic E-state index is -0.266. The number of carbonyl (C=O) groups is 2. The lowest BCUT2D eigenvalue weighted by molar-refractivity contribution is -0.120. The number of aromatic amines is 1. The molecule has 0 aliphatic rings. The maximum atomic E-state index is 12.6. The molecular weight excluding hydrogens is 412 g/mol. The maximum Gasteiger partial charge on any atom is 0.251 e. The Bertz CT molecular complexity index is 1230. The predicted octanol–water partition coefficient (Wildman–Crippen LogP) is 3.91. The van der Waals surface area contributed by atoms with Gasteiger partial charge in [0.2, 0.25) is 5.91 Å². The van der Waals surface area contributed by atoms with Gasteiger partial charge in [-0.05, 0) is 41.5 Å². The summed E-state index contributed by atoms with van der Waals surface area (Å²) >= 11 is 0. The monoisotopic (exact) mass is 440 g/mol. The molecule has 0 fully saturated rings. The smallest absolute Gasteiger partial charge is 0.251 e. The second-order valence-electron chi connectivity index (χ2n) is 8.18. The minimum absolute atomic E-state index is 0.0360. The van der Waals surface area contributed by atoms with Gasteiger partial charge in [-0.2, -0.15) is 0 Å². The molecule has 0 bridgehead atoms. The first kappa shape index (κ1) is 22.1. The van der Waals surface area contributed by atoms with Crippen LogP contribution in [0.3, 0.4) is 0 Å². The summed E-state index contributed by atoms with van der Waals surface area (Å²) in [5.41, 5.74) is 4.94. The fourth-order valence-corrected chi connectivity index (χ4v) is 3.92. The van der Waals surface area contributed by atoms with Crippen LogP contribution in [0.2, 0.25) is 0 Å². The van der Waals surface area contributed by atoms with E-state index in [2.05, 4.69) is 50.8 Å². The van der Waals surface area contributed by atoms with Crippen LogP contribution in [-0.4, -0.2) is 44.0 Å². The van der Waals surface area contributed by atoms with Crippen LogP contribution in [0.15, 0.2) is 85.1 Å². The van der Waals surface area contributed by atoms with E-state index in [9.17, 15) is 9.59 Å². The van der Waals surface area contributed by atoms with E-state index in [-0.39, 0.29) is 24.3 Å².